The van der Waals surface area contributed by atoms with E-state index in [0.29, 0.717) is 0 Å². The molecule has 95 heavy (non-hydrogen) atoms. The Morgan fingerprint density at radius 3 is 0.326 bits per heavy atom. The second-order valence-corrected chi connectivity index (χ2v) is 18.0. The zero-order valence-corrected chi connectivity index (χ0v) is 54.0. The molecule has 530 valence electrons. The molecule has 0 fully saturated rings. The molecule has 5 aromatic carbocycles. The molecular weight excluding hydrogens is 1280 g/mol. The van der Waals surface area contributed by atoms with Crippen LogP contribution in [0.25, 0.3) is 0 Å². The lowest BCUT2D eigenvalue weighted by molar-refractivity contribution is -0.140. The fourth-order valence-corrected chi connectivity index (χ4v) is 8.37. The van der Waals surface area contributed by atoms with Gasteiger partial charge in [0.15, 0.2) is 66.1 Å². The highest BCUT2D eigenvalue weighted by atomic mass is 16.5. The van der Waals surface area contributed by atoms with Crippen LogP contribution in [0, 0.1) is 0 Å². The van der Waals surface area contributed by atoms with Crippen LogP contribution in [0.4, 0.5) is 0 Å². The predicted octanol–water partition coefficient (Wildman–Crippen LogP) is 6.35. The van der Waals surface area contributed by atoms with Crippen molar-refractivity contribution >= 4 is 59.7 Å². The molecule has 10 bridgehead atoms. The molecule has 15 rings (SSSR count). The number of carbonyl (C=O) groups is 10. The summed E-state index contributed by atoms with van der Waals surface area (Å²) in [5.74, 6) is -17.8. The Morgan fingerprint density at radius 2 is 0.263 bits per heavy atom. The quantitative estimate of drug-likeness (QED) is 0.0233. The van der Waals surface area contributed by atoms with Crippen molar-refractivity contribution in [2.45, 2.75) is 32.1 Å². The number of rotatable bonds is 30. The first-order valence-electron chi connectivity index (χ1n) is 24.5. The second kappa shape index (κ2) is 42.5. The van der Waals surface area contributed by atoms with Crippen LogP contribution >= 0.6 is 0 Å². The molecule has 0 spiro atoms. The maximum Gasteiger partial charge on any atom is 0.341 e. The van der Waals surface area contributed by atoms with Crippen molar-refractivity contribution in [2.75, 3.05) is 66.1 Å². The van der Waals surface area contributed by atoms with E-state index in [4.69, 9.17) is 47.4 Å². The van der Waals surface area contributed by atoms with E-state index in [1.165, 1.54) is 60.7 Å². The summed E-state index contributed by atoms with van der Waals surface area (Å²) in [6.07, 6.45) is -2.38. The maximum atomic E-state index is 12.1. The summed E-state index contributed by atoms with van der Waals surface area (Å²) in [5.41, 5.74) is -0.325. The van der Waals surface area contributed by atoms with E-state index in [1.807, 2.05) is 0 Å². The van der Waals surface area contributed by atoms with Gasteiger partial charge in [0.2, 0.25) is 0 Å². The molecule has 40 nitrogen and oxygen atoms in total. The standard InChI is InChI=1S/C55H50O30.10H3N/c56-46(57)16-76-36-8-28-2-30-10-42(82-22-52(68)69)32(12-40(30)80-20-50(64)65)4-34-14-45(85-25-55(74)75)35(15-44(34)84-24-54(72)73)5-33-13-41(81-21-51(66)67)31(11-43(33)83-23-53(70)71)3-29-9-37(77-17-47(58)59)27(7-39(29)79-19-49(62)63)1-26(36)6-38(28)78-18-48(60)61;;;;;;;;;;/h6-15H,1-5,16-25H2,(H,56,57)(H,58,59)(H,60,61)(H,62,63)(H,64,65)(H,66,67)(H,68,69)(H,70,71)(H,72,73)(H,74,75);10*1H3/p+10. The molecule has 10 aliphatic carbocycles. The molecule has 0 saturated heterocycles. The topological polar surface area (TPSA) is 830 Å². The fraction of sp³-hybridized carbons (Fsp3) is 0.273. The monoisotopic (exact) mass is 1370 g/mol. The smallest absolute Gasteiger partial charge is 0.341 e. The van der Waals surface area contributed by atoms with Crippen molar-refractivity contribution in [1.82, 2.24) is 61.5 Å². The van der Waals surface area contributed by atoms with E-state index in [1.54, 1.807) is 0 Å². The molecule has 0 radical (unpaired) electrons. The van der Waals surface area contributed by atoms with Gasteiger partial charge in [-0.05, 0) is 60.7 Å². The Kier molecular flexibility index (Phi) is 41.2. The molecule has 0 heterocycles. The highest BCUT2D eigenvalue weighted by Crippen LogP contribution is 2.43. The maximum absolute atomic E-state index is 12.1. The van der Waals surface area contributed by atoms with E-state index in [-0.39, 0.29) is 175 Å². The van der Waals surface area contributed by atoms with Gasteiger partial charge in [-0.25, -0.2) is 47.9 Å². The van der Waals surface area contributed by atoms with Crippen molar-refractivity contribution in [1.29, 1.82) is 0 Å². The number of aliphatic carboxylic acids is 10. The third-order valence-corrected chi connectivity index (χ3v) is 11.6. The normalized spacial score (nSPS) is 10.3. The fourth-order valence-electron chi connectivity index (χ4n) is 8.37. The van der Waals surface area contributed by atoms with Gasteiger partial charge in [-0.3, -0.25) is 0 Å². The summed E-state index contributed by atoms with van der Waals surface area (Å²) >= 11 is 0. The van der Waals surface area contributed by atoms with E-state index >= 15 is 0 Å². The summed E-state index contributed by atoms with van der Waals surface area (Å²) in [5, 5.41) is 98.0. The Labute approximate surface area is 538 Å². The third-order valence-electron chi connectivity index (χ3n) is 11.6. The Bertz CT molecular complexity index is 2740. The van der Waals surface area contributed by atoms with Gasteiger partial charge in [-0.1, -0.05) is 0 Å². The molecule has 0 amide bonds. The molecule has 0 saturated carbocycles. The number of hydrogen-bond donors (Lipinski definition) is 20. The molecule has 0 aliphatic heterocycles. The van der Waals surface area contributed by atoms with Crippen molar-refractivity contribution in [3.63, 3.8) is 0 Å². The summed E-state index contributed by atoms with van der Waals surface area (Å²) in [6, 6.07) is 12.0. The first-order valence-corrected chi connectivity index (χ1v) is 24.5. The van der Waals surface area contributed by atoms with Crippen LogP contribution in [-0.4, -0.2) is 177 Å². The molecule has 0 unspecified atom stereocenters. The van der Waals surface area contributed by atoms with E-state index < -0.39 is 158 Å². The lowest BCUT2D eigenvalue weighted by Crippen LogP contribution is -2.15. The van der Waals surface area contributed by atoms with Gasteiger partial charge < -0.3 is 160 Å². The number of benzene rings is 5. The zero-order valence-electron chi connectivity index (χ0n) is 54.0. The third kappa shape index (κ3) is 27.8. The van der Waals surface area contributed by atoms with Crippen LogP contribution in [0.3, 0.4) is 0 Å². The first-order chi connectivity index (χ1) is 40.3. The molecular formula is C55H90N10O30+10. The Morgan fingerprint density at radius 1 is 0.189 bits per heavy atom. The molecule has 0 aromatic heterocycles. The average Bonchev–Trinajstić information content (AvgIpc) is 0.980. The van der Waals surface area contributed by atoms with Gasteiger partial charge in [0.25, 0.3) is 0 Å². The summed E-state index contributed by atoms with van der Waals surface area (Å²) in [4.78, 5) is 121. The lowest BCUT2D eigenvalue weighted by Gasteiger charge is -2.21. The number of carboxylic acid groups (broad SMARTS) is 10. The van der Waals surface area contributed by atoms with Crippen LogP contribution in [0.5, 0.6) is 57.5 Å². The average molecular weight is 1370 g/mol. The van der Waals surface area contributed by atoms with Crippen molar-refractivity contribution < 1.29 is 146 Å². The van der Waals surface area contributed by atoms with Gasteiger partial charge in [0, 0.05) is 87.7 Å². The highest BCUT2D eigenvalue weighted by molar-refractivity contribution is 5.74. The van der Waals surface area contributed by atoms with E-state index in [9.17, 15) is 99.0 Å². The summed E-state index contributed by atoms with van der Waals surface area (Å²) < 4.78 is 57.5. The predicted molar refractivity (Wildman–Crippen MR) is 337 cm³/mol. The van der Waals surface area contributed by atoms with Gasteiger partial charge in [-0.2, -0.15) is 0 Å². The Hall–Kier alpha value is -11.6. The number of ether oxygens (including phenoxy) is 10. The van der Waals surface area contributed by atoms with Crippen LogP contribution in [0.2, 0.25) is 0 Å². The molecule has 10 aliphatic rings. The van der Waals surface area contributed by atoms with Crippen LogP contribution in [0.1, 0.15) is 55.6 Å². The van der Waals surface area contributed by atoms with Gasteiger partial charge in [0.1, 0.15) is 57.5 Å². The van der Waals surface area contributed by atoms with Crippen LogP contribution in [-0.2, 0) is 80.0 Å². The number of carboxylic acids is 10. The van der Waals surface area contributed by atoms with Gasteiger partial charge in [-0.15, -0.1) is 0 Å². The number of hydrogen-bond acceptors (Lipinski definition) is 20. The molecule has 50 N–H and O–H groups in total. The highest BCUT2D eigenvalue weighted by Gasteiger charge is 2.27. The molecule has 40 heteroatoms. The van der Waals surface area contributed by atoms with Crippen LogP contribution in [0.15, 0.2) is 60.7 Å². The minimum Gasteiger partial charge on any atom is -0.482 e. The van der Waals surface area contributed by atoms with Crippen LogP contribution < -0.4 is 109 Å². The molecule has 0 atom stereocenters. The SMILES string of the molecule is O=C(O)COc1cc2c(OCC(=O)O)cc1Cc1cc(OCC(=O)O)c(cc1OCC(=O)O)Cc1cc(OCC(=O)O)c(cc1OCC(=O)O)Cc1cc(OCC(=O)O)c(cc1OCC(=O)O)Cc1cc(OCC(=O)O)c(cc1OCC(=O)O)C2.[NH4+].[NH4+].[NH4+].[NH4+].[NH4+].[NH4+].[NH4+].[NH4+].[NH4+].[NH4+]. The van der Waals surface area contributed by atoms with Crippen molar-refractivity contribution in [3.8, 4) is 57.5 Å². The minimum atomic E-state index is -1.50. The van der Waals surface area contributed by atoms with Crippen molar-refractivity contribution in [2.24, 2.45) is 0 Å². The van der Waals surface area contributed by atoms with Crippen molar-refractivity contribution in [3.05, 3.63) is 116 Å². The van der Waals surface area contributed by atoms with E-state index in [2.05, 4.69) is 0 Å². The number of quaternary nitrogens is 10. The zero-order chi connectivity index (χ0) is 62.1. The molecule has 5 aromatic rings. The first kappa shape index (κ1) is 92.1. The second-order valence-electron chi connectivity index (χ2n) is 18.0. The van der Waals surface area contributed by atoms with E-state index in [0.717, 1.165) is 0 Å². The minimum absolute atomic E-state index is 0. The lowest BCUT2D eigenvalue weighted by atomic mass is 9.94. The Balaban J connectivity index is -0.00000270. The van der Waals surface area contributed by atoms with Gasteiger partial charge in [0.05, 0.1) is 0 Å². The summed E-state index contributed by atoms with van der Waals surface area (Å²) in [6.45, 7) is -10.3. The van der Waals surface area contributed by atoms with Gasteiger partial charge >= 0.3 is 59.7 Å². The largest absolute Gasteiger partial charge is 0.482 e. The summed E-state index contributed by atoms with van der Waals surface area (Å²) in [7, 11) is 0.